The molecule has 17 heavy (non-hydrogen) atoms. The molecule has 0 aromatic rings. The summed E-state index contributed by atoms with van der Waals surface area (Å²) in [7, 11) is 0. The SMILES string of the molecule is CC1(C)O[C@@H]2CCN(C(=O)O)C[C@]2(C(=O)O)O1. The zero-order valence-electron chi connectivity index (χ0n) is 9.67. The van der Waals surface area contributed by atoms with E-state index in [0.717, 1.165) is 4.90 Å². The summed E-state index contributed by atoms with van der Waals surface area (Å²) in [5.74, 6) is -2.18. The van der Waals surface area contributed by atoms with Gasteiger partial charge < -0.3 is 24.6 Å². The predicted octanol–water partition coefficient (Wildman–Crippen LogP) is 0.345. The molecule has 2 aliphatic rings. The molecule has 2 heterocycles. The Morgan fingerprint density at radius 2 is 2.00 bits per heavy atom. The predicted molar refractivity (Wildman–Crippen MR) is 54.6 cm³/mol. The lowest BCUT2D eigenvalue weighted by molar-refractivity contribution is -0.187. The zero-order chi connectivity index (χ0) is 12.8. The summed E-state index contributed by atoms with van der Waals surface area (Å²) in [5, 5.41) is 18.2. The Morgan fingerprint density at radius 1 is 1.35 bits per heavy atom. The molecule has 2 rings (SSSR count). The monoisotopic (exact) mass is 245 g/mol. The van der Waals surface area contributed by atoms with Gasteiger partial charge in [-0.15, -0.1) is 0 Å². The Kier molecular flexibility index (Phi) is 2.55. The number of piperidine rings is 1. The van der Waals surface area contributed by atoms with Crippen molar-refractivity contribution in [2.45, 2.75) is 37.8 Å². The summed E-state index contributed by atoms with van der Waals surface area (Å²) in [6, 6.07) is 0. The molecule has 2 aliphatic heterocycles. The first-order valence-electron chi connectivity index (χ1n) is 5.36. The maximum Gasteiger partial charge on any atom is 0.407 e. The molecule has 0 radical (unpaired) electrons. The average Bonchev–Trinajstić information content (AvgIpc) is 2.47. The van der Waals surface area contributed by atoms with Gasteiger partial charge in [-0.25, -0.2) is 9.59 Å². The summed E-state index contributed by atoms with van der Waals surface area (Å²) in [4.78, 5) is 23.3. The molecule has 0 bridgehead atoms. The summed E-state index contributed by atoms with van der Waals surface area (Å²) < 4.78 is 11.0. The maximum atomic E-state index is 11.4. The van der Waals surface area contributed by atoms with Crippen molar-refractivity contribution in [3.63, 3.8) is 0 Å². The third kappa shape index (κ3) is 1.85. The molecule has 0 aromatic heterocycles. The van der Waals surface area contributed by atoms with Crippen LogP contribution in [-0.4, -0.2) is 57.8 Å². The highest BCUT2D eigenvalue weighted by atomic mass is 16.8. The largest absolute Gasteiger partial charge is 0.479 e. The molecule has 0 unspecified atom stereocenters. The van der Waals surface area contributed by atoms with Gasteiger partial charge in [-0.05, 0) is 20.3 Å². The number of carbonyl (C=O) groups is 2. The van der Waals surface area contributed by atoms with Crippen LogP contribution in [0.2, 0.25) is 0 Å². The lowest BCUT2D eigenvalue weighted by atomic mass is 9.90. The molecular weight excluding hydrogens is 230 g/mol. The van der Waals surface area contributed by atoms with E-state index in [1.807, 2.05) is 0 Å². The summed E-state index contributed by atoms with van der Waals surface area (Å²) in [5.41, 5.74) is -1.58. The second-order valence-corrected chi connectivity index (χ2v) is 4.80. The number of nitrogens with zero attached hydrogens (tertiary/aromatic N) is 1. The molecule has 0 saturated carbocycles. The number of carboxylic acid groups (broad SMARTS) is 2. The van der Waals surface area contributed by atoms with Crippen molar-refractivity contribution in [3.05, 3.63) is 0 Å². The molecule has 1 amide bonds. The topological polar surface area (TPSA) is 96.3 Å². The van der Waals surface area contributed by atoms with Gasteiger partial charge in [0.15, 0.2) is 5.79 Å². The number of hydrogen-bond acceptors (Lipinski definition) is 4. The van der Waals surface area contributed by atoms with Gasteiger partial charge in [0.05, 0.1) is 6.54 Å². The lowest BCUT2D eigenvalue weighted by Gasteiger charge is -2.37. The highest BCUT2D eigenvalue weighted by Gasteiger charge is 2.61. The zero-order valence-corrected chi connectivity index (χ0v) is 9.67. The highest BCUT2D eigenvalue weighted by Crippen LogP contribution is 2.41. The van der Waals surface area contributed by atoms with Crippen molar-refractivity contribution in [1.82, 2.24) is 4.90 Å². The first kappa shape index (κ1) is 12.1. The van der Waals surface area contributed by atoms with Crippen molar-refractivity contribution in [3.8, 4) is 0 Å². The van der Waals surface area contributed by atoms with Crippen molar-refractivity contribution in [1.29, 1.82) is 0 Å². The van der Waals surface area contributed by atoms with E-state index in [9.17, 15) is 14.7 Å². The van der Waals surface area contributed by atoms with E-state index in [0.29, 0.717) is 6.42 Å². The Hall–Kier alpha value is -1.34. The molecule has 2 fully saturated rings. The first-order valence-corrected chi connectivity index (χ1v) is 5.36. The van der Waals surface area contributed by atoms with Gasteiger partial charge in [-0.2, -0.15) is 0 Å². The van der Waals surface area contributed by atoms with Gasteiger partial charge in [0.25, 0.3) is 0 Å². The van der Waals surface area contributed by atoms with Crippen LogP contribution in [0.25, 0.3) is 0 Å². The Bertz CT molecular complexity index is 368. The number of rotatable bonds is 1. The summed E-state index contributed by atoms with van der Waals surface area (Å²) >= 11 is 0. The molecule has 0 spiro atoms. The van der Waals surface area contributed by atoms with E-state index in [2.05, 4.69) is 0 Å². The van der Waals surface area contributed by atoms with E-state index in [4.69, 9.17) is 14.6 Å². The Labute approximate surface area is 97.9 Å². The Morgan fingerprint density at radius 3 is 2.53 bits per heavy atom. The number of hydrogen-bond donors (Lipinski definition) is 2. The molecule has 96 valence electrons. The van der Waals surface area contributed by atoms with E-state index in [-0.39, 0.29) is 13.1 Å². The van der Waals surface area contributed by atoms with E-state index in [1.165, 1.54) is 0 Å². The molecule has 2 saturated heterocycles. The second kappa shape index (κ2) is 3.58. The fraction of sp³-hybridized carbons (Fsp3) is 0.800. The van der Waals surface area contributed by atoms with Gasteiger partial charge in [-0.3, -0.25) is 0 Å². The number of ether oxygens (including phenoxy) is 2. The van der Waals surface area contributed by atoms with E-state index >= 15 is 0 Å². The normalized spacial score (nSPS) is 35.4. The van der Waals surface area contributed by atoms with E-state index in [1.54, 1.807) is 13.8 Å². The molecule has 7 nitrogen and oxygen atoms in total. The number of carboxylic acids is 1. The number of aliphatic carboxylic acids is 1. The van der Waals surface area contributed by atoms with Gasteiger partial charge >= 0.3 is 12.1 Å². The van der Waals surface area contributed by atoms with Crippen LogP contribution in [-0.2, 0) is 14.3 Å². The molecule has 2 N–H and O–H groups in total. The molecule has 0 aromatic carbocycles. The van der Waals surface area contributed by atoms with Crippen LogP contribution in [0.4, 0.5) is 4.79 Å². The summed E-state index contributed by atoms with van der Waals surface area (Å²) in [6.45, 7) is 3.31. The lowest BCUT2D eigenvalue weighted by Crippen LogP contribution is -2.61. The fourth-order valence-electron chi connectivity index (χ4n) is 2.44. The minimum Gasteiger partial charge on any atom is -0.479 e. The van der Waals surface area contributed by atoms with Crippen LogP contribution in [0.15, 0.2) is 0 Å². The van der Waals surface area contributed by atoms with Gasteiger partial charge in [-0.1, -0.05) is 0 Å². The van der Waals surface area contributed by atoms with Crippen LogP contribution >= 0.6 is 0 Å². The van der Waals surface area contributed by atoms with Crippen LogP contribution < -0.4 is 0 Å². The van der Waals surface area contributed by atoms with Crippen molar-refractivity contribution in [2.24, 2.45) is 0 Å². The smallest absolute Gasteiger partial charge is 0.407 e. The van der Waals surface area contributed by atoms with Crippen LogP contribution in [0.3, 0.4) is 0 Å². The first-order chi connectivity index (χ1) is 7.77. The highest BCUT2D eigenvalue weighted by molar-refractivity contribution is 5.80. The van der Waals surface area contributed by atoms with Gasteiger partial charge in [0.2, 0.25) is 5.60 Å². The molecular formula is C10H15NO6. The van der Waals surface area contributed by atoms with Crippen LogP contribution in [0.5, 0.6) is 0 Å². The van der Waals surface area contributed by atoms with Gasteiger partial charge in [0.1, 0.15) is 6.10 Å². The molecule has 0 aliphatic carbocycles. The van der Waals surface area contributed by atoms with E-state index < -0.39 is 29.6 Å². The third-order valence-corrected chi connectivity index (χ3v) is 3.09. The minimum atomic E-state index is -1.58. The minimum absolute atomic E-state index is 0.203. The van der Waals surface area contributed by atoms with Crippen molar-refractivity contribution < 1.29 is 29.3 Å². The van der Waals surface area contributed by atoms with Crippen LogP contribution in [0.1, 0.15) is 20.3 Å². The average molecular weight is 245 g/mol. The van der Waals surface area contributed by atoms with Crippen molar-refractivity contribution >= 4 is 12.1 Å². The van der Waals surface area contributed by atoms with Crippen LogP contribution in [0, 0.1) is 0 Å². The fourth-order valence-corrected chi connectivity index (χ4v) is 2.44. The Balaban J connectivity index is 2.30. The maximum absolute atomic E-state index is 11.4. The quantitative estimate of drug-likeness (QED) is 0.691. The second-order valence-electron chi connectivity index (χ2n) is 4.80. The molecule has 7 heteroatoms. The van der Waals surface area contributed by atoms with Crippen molar-refractivity contribution in [2.75, 3.05) is 13.1 Å². The van der Waals surface area contributed by atoms with Gasteiger partial charge in [0, 0.05) is 6.54 Å². The summed E-state index contributed by atoms with van der Waals surface area (Å²) in [6.07, 6.45) is -1.43. The molecule has 2 atom stereocenters. The number of likely N-dealkylation sites (tertiary alicyclic amines) is 1. The third-order valence-electron chi connectivity index (χ3n) is 3.09. The number of amides is 1. The standard InChI is InChI=1S/C10H15NO6/c1-9(2)16-6-3-4-11(8(14)15)5-10(6,17-9)7(12)13/h6H,3-5H2,1-2H3,(H,12,13)(H,14,15)/t6-,10+/m1/s1. The number of fused-ring (bicyclic) bond motifs is 1.